The lowest BCUT2D eigenvalue weighted by Gasteiger charge is -2.32. The van der Waals surface area contributed by atoms with Crippen molar-refractivity contribution < 1.29 is 9.53 Å². The molecule has 1 heterocycles. The second-order valence-electron chi connectivity index (χ2n) is 4.38. The molecule has 2 N–H and O–H groups in total. The van der Waals surface area contributed by atoms with Crippen LogP contribution in [0.1, 0.15) is 12.0 Å². The first-order valence-corrected chi connectivity index (χ1v) is 5.90. The Morgan fingerprint density at radius 3 is 2.88 bits per heavy atom. The minimum atomic E-state index is -0.295. The van der Waals surface area contributed by atoms with Crippen molar-refractivity contribution in [1.82, 2.24) is 4.90 Å². The van der Waals surface area contributed by atoms with Gasteiger partial charge in [-0.1, -0.05) is 30.3 Å². The van der Waals surface area contributed by atoms with Gasteiger partial charge in [-0.15, -0.1) is 0 Å². The Morgan fingerprint density at radius 1 is 1.41 bits per heavy atom. The minimum Gasteiger partial charge on any atom is -0.375 e. The van der Waals surface area contributed by atoms with Crippen molar-refractivity contribution in [1.29, 1.82) is 0 Å². The lowest BCUT2D eigenvalue weighted by molar-refractivity contribution is -0.123. The highest BCUT2D eigenvalue weighted by Gasteiger charge is 2.21. The average Bonchev–Trinajstić information content (AvgIpc) is 2.30. The molecule has 0 aliphatic carbocycles. The standard InChI is InChI=1S/C13H18N2O2/c14-13(16)8-12-10-15(6-7-17-12)9-11-4-2-1-3-5-11/h1-5,12H,6-10H2,(H2,14,16)/t12-/m0/s1. The molecule has 4 heteroatoms. The third kappa shape index (κ3) is 3.84. The largest absolute Gasteiger partial charge is 0.375 e. The zero-order chi connectivity index (χ0) is 12.1. The van der Waals surface area contributed by atoms with Crippen molar-refractivity contribution >= 4 is 5.91 Å². The normalized spacial score (nSPS) is 21.3. The molecule has 4 nitrogen and oxygen atoms in total. The zero-order valence-corrected chi connectivity index (χ0v) is 9.84. The Bertz CT molecular complexity index is 367. The molecular weight excluding hydrogens is 216 g/mol. The number of primary amides is 1. The van der Waals surface area contributed by atoms with E-state index in [0.29, 0.717) is 13.0 Å². The molecule has 1 aliphatic heterocycles. The second-order valence-corrected chi connectivity index (χ2v) is 4.38. The molecule has 17 heavy (non-hydrogen) atoms. The number of hydrogen-bond acceptors (Lipinski definition) is 3. The van der Waals surface area contributed by atoms with Crippen LogP contribution in [-0.2, 0) is 16.1 Å². The SMILES string of the molecule is NC(=O)C[C@H]1CN(Cc2ccccc2)CCO1. The van der Waals surface area contributed by atoms with Crippen LogP contribution in [0.5, 0.6) is 0 Å². The lowest BCUT2D eigenvalue weighted by Crippen LogP contribution is -2.43. The number of carbonyl (C=O) groups excluding carboxylic acids is 1. The highest BCUT2D eigenvalue weighted by atomic mass is 16.5. The van der Waals surface area contributed by atoms with E-state index in [1.807, 2.05) is 18.2 Å². The molecule has 0 unspecified atom stereocenters. The summed E-state index contributed by atoms with van der Waals surface area (Å²) in [5.74, 6) is -0.295. The Hall–Kier alpha value is -1.39. The van der Waals surface area contributed by atoms with Gasteiger partial charge in [-0.3, -0.25) is 9.69 Å². The van der Waals surface area contributed by atoms with Crippen molar-refractivity contribution in [3.63, 3.8) is 0 Å². The van der Waals surface area contributed by atoms with Gasteiger partial charge in [-0.25, -0.2) is 0 Å². The fourth-order valence-electron chi connectivity index (χ4n) is 2.11. The van der Waals surface area contributed by atoms with Crippen molar-refractivity contribution in [2.24, 2.45) is 5.73 Å². The summed E-state index contributed by atoms with van der Waals surface area (Å²) < 4.78 is 5.51. The third-order valence-corrected chi connectivity index (χ3v) is 2.90. The molecule has 1 atom stereocenters. The van der Waals surface area contributed by atoms with Gasteiger partial charge in [0.15, 0.2) is 0 Å². The van der Waals surface area contributed by atoms with E-state index in [9.17, 15) is 4.79 Å². The Labute approximate surface area is 101 Å². The first kappa shape index (κ1) is 12.1. The maximum Gasteiger partial charge on any atom is 0.220 e. The molecule has 1 aliphatic rings. The summed E-state index contributed by atoms with van der Waals surface area (Å²) in [5.41, 5.74) is 6.47. The second kappa shape index (κ2) is 5.80. The van der Waals surface area contributed by atoms with Gasteiger partial charge in [0, 0.05) is 19.6 Å². The summed E-state index contributed by atoms with van der Waals surface area (Å²) in [6.07, 6.45) is 0.260. The van der Waals surface area contributed by atoms with Gasteiger partial charge in [0.2, 0.25) is 5.91 Å². The van der Waals surface area contributed by atoms with E-state index >= 15 is 0 Å². The summed E-state index contributed by atoms with van der Waals surface area (Å²) >= 11 is 0. The van der Waals surface area contributed by atoms with Crippen LogP contribution in [-0.4, -0.2) is 36.6 Å². The van der Waals surface area contributed by atoms with E-state index in [4.69, 9.17) is 10.5 Å². The first-order chi connectivity index (χ1) is 8.24. The number of nitrogens with zero attached hydrogens (tertiary/aromatic N) is 1. The van der Waals surface area contributed by atoms with Crippen LogP contribution in [0.2, 0.25) is 0 Å². The molecule has 1 amide bonds. The maximum absolute atomic E-state index is 10.9. The molecule has 0 saturated carbocycles. The van der Waals surface area contributed by atoms with Gasteiger partial charge >= 0.3 is 0 Å². The number of hydrogen-bond donors (Lipinski definition) is 1. The Balaban J connectivity index is 1.87. The van der Waals surface area contributed by atoms with Crippen LogP contribution in [0.25, 0.3) is 0 Å². The fourth-order valence-corrected chi connectivity index (χ4v) is 2.11. The molecule has 0 radical (unpaired) electrons. The third-order valence-electron chi connectivity index (χ3n) is 2.90. The van der Waals surface area contributed by atoms with Crippen molar-refractivity contribution in [3.05, 3.63) is 35.9 Å². The van der Waals surface area contributed by atoms with E-state index in [1.54, 1.807) is 0 Å². The number of carbonyl (C=O) groups is 1. The molecule has 92 valence electrons. The van der Waals surface area contributed by atoms with Crippen LogP contribution in [0.15, 0.2) is 30.3 Å². The number of morpholine rings is 1. The summed E-state index contributed by atoms with van der Waals surface area (Å²) in [7, 11) is 0. The van der Waals surface area contributed by atoms with Gasteiger partial charge in [0.05, 0.1) is 19.1 Å². The molecule has 1 aromatic rings. The van der Waals surface area contributed by atoms with Gasteiger partial charge in [0.1, 0.15) is 0 Å². The molecule has 1 aromatic carbocycles. The van der Waals surface area contributed by atoms with E-state index in [-0.39, 0.29) is 12.0 Å². The summed E-state index contributed by atoms with van der Waals surface area (Å²) in [6, 6.07) is 10.3. The van der Waals surface area contributed by atoms with Crippen molar-refractivity contribution in [2.75, 3.05) is 19.7 Å². The predicted molar refractivity (Wildman–Crippen MR) is 65.3 cm³/mol. The lowest BCUT2D eigenvalue weighted by atomic mass is 10.1. The van der Waals surface area contributed by atoms with Gasteiger partial charge in [0.25, 0.3) is 0 Å². The highest BCUT2D eigenvalue weighted by Crippen LogP contribution is 2.12. The number of ether oxygens (including phenoxy) is 1. The highest BCUT2D eigenvalue weighted by molar-refractivity contribution is 5.74. The molecule has 2 rings (SSSR count). The Morgan fingerprint density at radius 2 is 2.18 bits per heavy atom. The van der Waals surface area contributed by atoms with E-state index in [1.165, 1.54) is 5.56 Å². The monoisotopic (exact) mass is 234 g/mol. The number of nitrogens with two attached hydrogens (primary N) is 1. The summed E-state index contributed by atoms with van der Waals surface area (Å²) in [6.45, 7) is 3.26. The number of amides is 1. The van der Waals surface area contributed by atoms with Crippen molar-refractivity contribution in [3.8, 4) is 0 Å². The summed E-state index contributed by atoms with van der Waals surface area (Å²) in [4.78, 5) is 13.2. The number of rotatable bonds is 4. The minimum absolute atomic E-state index is 0.0510. The zero-order valence-electron chi connectivity index (χ0n) is 9.84. The van der Waals surface area contributed by atoms with Crippen LogP contribution in [0.4, 0.5) is 0 Å². The van der Waals surface area contributed by atoms with Crippen molar-refractivity contribution in [2.45, 2.75) is 19.1 Å². The van der Waals surface area contributed by atoms with Crippen LogP contribution >= 0.6 is 0 Å². The van der Waals surface area contributed by atoms with Crippen LogP contribution in [0, 0.1) is 0 Å². The smallest absolute Gasteiger partial charge is 0.220 e. The fraction of sp³-hybridized carbons (Fsp3) is 0.462. The van der Waals surface area contributed by atoms with Crippen LogP contribution in [0.3, 0.4) is 0 Å². The topological polar surface area (TPSA) is 55.6 Å². The quantitative estimate of drug-likeness (QED) is 0.837. The molecule has 0 bridgehead atoms. The van der Waals surface area contributed by atoms with Gasteiger partial charge in [-0.05, 0) is 5.56 Å². The molecular formula is C13H18N2O2. The van der Waals surface area contributed by atoms with E-state index in [0.717, 1.165) is 19.6 Å². The van der Waals surface area contributed by atoms with Crippen LogP contribution < -0.4 is 5.73 Å². The molecule has 0 aromatic heterocycles. The maximum atomic E-state index is 10.9. The number of benzene rings is 1. The van der Waals surface area contributed by atoms with Gasteiger partial charge in [-0.2, -0.15) is 0 Å². The van der Waals surface area contributed by atoms with Gasteiger partial charge < -0.3 is 10.5 Å². The summed E-state index contributed by atoms with van der Waals surface area (Å²) in [5, 5.41) is 0. The molecule has 1 fully saturated rings. The predicted octanol–water partition coefficient (Wildman–Crippen LogP) is 0.763. The van der Waals surface area contributed by atoms with E-state index in [2.05, 4.69) is 17.0 Å². The average molecular weight is 234 g/mol. The molecule has 0 spiro atoms. The van der Waals surface area contributed by atoms with E-state index < -0.39 is 0 Å². The molecule has 1 saturated heterocycles. The Kier molecular flexibility index (Phi) is 4.12. The first-order valence-electron chi connectivity index (χ1n) is 5.90.